The first kappa shape index (κ1) is 12.6. The Hall–Kier alpha value is -3.15. The first-order valence-electron chi connectivity index (χ1n) is 6.87. The van der Waals surface area contributed by atoms with Gasteiger partial charge in [-0.15, -0.1) is 0 Å². The van der Waals surface area contributed by atoms with Gasteiger partial charge in [-0.3, -0.25) is 15.0 Å². The molecule has 6 nitrogen and oxygen atoms in total. The number of aryl methyl sites for hydroxylation is 1. The van der Waals surface area contributed by atoms with Crippen LogP contribution >= 0.6 is 0 Å². The number of fused-ring (bicyclic) bond motifs is 1. The molecule has 3 aromatic rings. The number of aromatic nitrogens is 3. The second-order valence-corrected chi connectivity index (χ2v) is 5.10. The maximum atomic E-state index is 12.1. The van der Waals surface area contributed by atoms with E-state index in [-0.39, 0.29) is 5.56 Å². The van der Waals surface area contributed by atoms with Gasteiger partial charge in [0.2, 0.25) is 0 Å². The molecule has 1 aliphatic heterocycles. The van der Waals surface area contributed by atoms with Crippen LogP contribution in [-0.2, 0) is 7.05 Å². The predicted octanol–water partition coefficient (Wildman–Crippen LogP) is 0.244. The molecule has 0 aliphatic carbocycles. The lowest BCUT2D eigenvalue weighted by Crippen LogP contribution is -2.34. The van der Waals surface area contributed by atoms with Crippen LogP contribution in [-0.4, -0.2) is 27.2 Å². The maximum Gasteiger partial charge on any atom is 0.271 e. The zero-order valence-corrected chi connectivity index (χ0v) is 11.9. The highest BCUT2D eigenvalue weighted by Gasteiger charge is 2.07. The highest BCUT2D eigenvalue weighted by atomic mass is 16.1. The minimum atomic E-state index is -0.187. The molecule has 0 fully saturated rings. The largest absolute Gasteiger partial charge is 0.350 e. The molecule has 0 bridgehead atoms. The van der Waals surface area contributed by atoms with Crippen molar-refractivity contribution < 1.29 is 0 Å². The Morgan fingerprint density at radius 2 is 1.91 bits per heavy atom. The lowest BCUT2D eigenvalue weighted by atomic mass is 10.1. The van der Waals surface area contributed by atoms with E-state index >= 15 is 0 Å². The minimum Gasteiger partial charge on any atom is -0.350 e. The average molecular weight is 291 g/mol. The normalized spacial score (nSPS) is 14.6. The summed E-state index contributed by atoms with van der Waals surface area (Å²) in [7, 11) is 1.99. The molecule has 3 heterocycles. The van der Waals surface area contributed by atoms with Crippen LogP contribution < -0.4 is 16.1 Å². The van der Waals surface area contributed by atoms with Crippen molar-refractivity contribution in [3.05, 3.63) is 56.9 Å². The fourth-order valence-corrected chi connectivity index (χ4v) is 2.70. The Kier molecular flexibility index (Phi) is 2.69. The van der Waals surface area contributed by atoms with E-state index in [4.69, 9.17) is 0 Å². The summed E-state index contributed by atoms with van der Waals surface area (Å²) in [5.41, 5.74) is 1.91. The number of nitrogens with zero attached hydrogens (tertiary/aromatic N) is 3. The van der Waals surface area contributed by atoms with Crippen molar-refractivity contribution in [2.24, 2.45) is 17.0 Å². The number of para-hydroxylation sites is 1. The minimum absolute atomic E-state index is 0.187. The van der Waals surface area contributed by atoms with Crippen molar-refractivity contribution >= 4 is 35.2 Å². The average Bonchev–Trinajstić information content (AvgIpc) is 3.23. The van der Waals surface area contributed by atoms with Gasteiger partial charge in [-0.25, -0.2) is 9.98 Å². The quantitative estimate of drug-likeness (QED) is 0.662. The molecule has 22 heavy (non-hydrogen) atoms. The predicted molar refractivity (Wildman–Crippen MR) is 87.5 cm³/mol. The topological polar surface area (TPSA) is 78.3 Å². The molecule has 0 spiro atoms. The SMILES string of the molecule is Cn1cc(/C=c2\c(=O)[nH][nH]c2=C2N=CC=N2)c2ccccc21. The summed E-state index contributed by atoms with van der Waals surface area (Å²) in [5.74, 6) is 0.504. The van der Waals surface area contributed by atoms with Crippen molar-refractivity contribution in [2.75, 3.05) is 0 Å². The van der Waals surface area contributed by atoms with E-state index in [1.165, 1.54) is 0 Å². The van der Waals surface area contributed by atoms with Crippen molar-refractivity contribution in [3.63, 3.8) is 0 Å². The monoisotopic (exact) mass is 291 g/mol. The fourth-order valence-electron chi connectivity index (χ4n) is 2.70. The summed E-state index contributed by atoms with van der Waals surface area (Å²) in [6, 6.07) is 8.08. The molecule has 6 heteroatoms. The first-order chi connectivity index (χ1) is 10.7. The third kappa shape index (κ3) is 1.85. The molecule has 0 radical (unpaired) electrons. The molecule has 0 amide bonds. The number of benzene rings is 1. The van der Waals surface area contributed by atoms with Crippen molar-refractivity contribution in [1.29, 1.82) is 0 Å². The summed E-state index contributed by atoms with van der Waals surface area (Å²) in [4.78, 5) is 20.4. The van der Waals surface area contributed by atoms with E-state index < -0.39 is 0 Å². The van der Waals surface area contributed by atoms with Gasteiger partial charge in [-0.1, -0.05) is 18.2 Å². The highest BCUT2D eigenvalue weighted by molar-refractivity contribution is 6.20. The summed E-state index contributed by atoms with van der Waals surface area (Å²) in [5, 5.41) is 7.68. The second kappa shape index (κ2) is 4.70. The number of aliphatic imine (C=N–C) groups is 2. The van der Waals surface area contributed by atoms with Crippen LogP contribution in [0.5, 0.6) is 0 Å². The van der Waals surface area contributed by atoms with Crippen LogP contribution in [0.15, 0.2) is 45.2 Å². The van der Waals surface area contributed by atoms with Crippen molar-refractivity contribution in [1.82, 2.24) is 14.8 Å². The number of nitrogens with one attached hydrogen (secondary N) is 2. The Morgan fingerprint density at radius 1 is 1.14 bits per heavy atom. The Morgan fingerprint density at radius 3 is 2.73 bits per heavy atom. The fraction of sp³-hybridized carbons (Fsp3) is 0.0625. The standard InChI is InChI=1S/C16H13N5O/c1-21-9-10(11-4-2-3-5-13(11)21)8-12-14(19-20-16(12)22)15-17-6-7-18-15/h2-9,19H,1H3,(H,20,22)/b12-8-. The molecule has 1 aliphatic rings. The molecule has 2 N–H and O–H groups in total. The summed E-state index contributed by atoms with van der Waals surface area (Å²) in [6.07, 6.45) is 7.07. The third-order valence-electron chi connectivity index (χ3n) is 3.73. The number of hydrogen-bond donors (Lipinski definition) is 2. The molecular weight excluding hydrogens is 278 g/mol. The molecule has 0 saturated heterocycles. The first-order valence-corrected chi connectivity index (χ1v) is 6.87. The third-order valence-corrected chi connectivity index (χ3v) is 3.73. The number of aromatic amines is 2. The van der Waals surface area contributed by atoms with Crippen LogP contribution in [0.4, 0.5) is 0 Å². The molecule has 2 aromatic heterocycles. The van der Waals surface area contributed by atoms with Gasteiger partial charge in [-0.05, 0) is 12.1 Å². The van der Waals surface area contributed by atoms with E-state index in [0.717, 1.165) is 16.5 Å². The number of rotatable bonds is 1. The Bertz CT molecular complexity index is 1090. The van der Waals surface area contributed by atoms with Gasteiger partial charge in [0.25, 0.3) is 5.56 Å². The van der Waals surface area contributed by atoms with Gasteiger partial charge >= 0.3 is 0 Å². The van der Waals surface area contributed by atoms with Crippen LogP contribution in [0.25, 0.3) is 22.8 Å². The van der Waals surface area contributed by atoms with E-state index in [1.54, 1.807) is 12.4 Å². The molecule has 0 unspecified atom stereocenters. The van der Waals surface area contributed by atoms with Gasteiger partial charge in [0, 0.05) is 42.1 Å². The Balaban J connectivity index is 2.08. The zero-order valence-electron chi connectivity index (χ0n) is 11.9. The second-order valence-electron chi connectivity index (χ2n) is 5.10. The van der Waals surface area contributed by atoms with Crippen LogP contribution in [0.3, 0.4) is 0 Å². The van der Waals surface area contributed by atoms with Crippen molar-refractivity contribution in [2.45, 2.75) is 0 Å². The van der Waals surface area contributed by atoms with Crippen LogP contribution in [0.1, 0.15) is 5.56 Å². The van der Waals surface area contributed by atoms with Gasteiger partial charge in [-0.2, -0.15) is 0 Å². The molecule has 0 saturated carbocycles. The number of hydrogen-bond acceptors (Lipinski definition) is 3. The Labute approximate surface area is 124 Å². The number of H-pyrrole nitrogens is 2. The summed E-state index contributed by atoms with van der Waals surface area (Å²) in [6.45, 7) is 0. The molecule has 4 rings (SSSR count). The van der Waals surface area contributed by atoms with Crippen LogP contribution in [0.2, 0.25) is 0 Å². The van der Waals surface area contributed by atoms with Gasteiger partial charge in [0.1, 0.15) is 5.35 Å². The lowest BCUT2D eigenvalue weighted by molar-refractivity contribution is 0.968. The molecule has 108 valence electrons. The summed E-state index contributed by atoms with van der Waals surface area (Å²) < 4.78 is 2.04. The van der Waals surface area contributed by atoms with Gasteiger partial charge in [0.05, 0.1) is 5.22 Å². The molecule has 1 aromatic carbocycles. The molecular formula is C16H13N5O. The van der Waals surface area contributed by atoms with E-state index in [1.807, 2.05) is 42.1 Å². The van der Waals surface area contributed by atoms with E-state index in [2.05, 4.69) is 26.2 Å². The van der Waals surface area contributed by atoms with E-state index in [9.17, 15) is 4.79 Å². The zero-order chi connectivity index (χ0) is 15.1. The van der Waals surface area contributed by atoms with E-state index in [0.29, 0.717) is 16.4 Å². The van der Waals surface area contributed by atoms with Gasteiger partial charge in [0.15, 0.2) is 5.82 Å². The van der Waals surface area contributed by atoms with Crippen molar-refractivity contribution in [3.8, 4) is 0 Å². The highest BCUT2D eigenvalue weighted by Crippen LogP contribution is 2.20. The lowest BCUT2D eigenvalue weighted by Gasteiger charge is -1.92. The summed E-state index contributed by atoms with van der Waals surface area (Å²) >= 11 is 0. The molecule has 0 atom stereocenters. The van der Waals surface area contributed by atoms with Gasteiger partial charge < -0.3 is 4.57 Å². The maximum absolute atomic E-state index is 12.1. The smallest absolute Gasteiger partial charge is 0.271 e. The van der Waals surface area contributed by atoms with Crippen LogP contribution in [0, 0.1) is 0 Å².